The van der Waals surface area contributed by atoms with Gasteiger partial charge in [-0.2, -0.15) is 0 Å². The normalized spacial score (nSPS) is 17.9. The van der Waals surface area contributed by atoms with E-state index < -0.39 is 6.04 Å². The van der Waals surface area contributed by atoms with Gasteiger partial charge in [-0.25, -0.2) is 4.39 Å². The molecule has 170 valence electrons. The molecule has 0 aliphatic carbocycles. The summed E-state index contributed by atoms with van der Waals surface area (Å²) in [5.74, 6) is -0.414. The first-order valence-corrected chi connectivity index (χ1v) is 11.4. The van der Waals surface area contributed by atoms with Gasteiger partial charge in [0.2, 0.25) is 5.91 Å². The Morgan fingerprint density at radius 2 is 1.94 bits per heavy atom. The number of hydrogen-bond donors (Lipinski definition) is 3. The van der Waals surface area contributed by atoms with Gasteiger partial charge in [-0.3, -0.25) is 9.78 Å². The first kappa shape index (κ1) is 21.2. The Morgan fingerprint density at radius 3 is 2.70 bits per heavy atom. The molecule has 0 bridgehead atoms. The maximum atomic E-state index is 14.2. The monoisotopic (exact) mass is 445 g/mol. The summed E-state index contributed by atoms with van der Waals surface area (Å²) in [6.45, 7) is 3.80. The second-order valence-corrected chi connectivity index (χ2v) is 8.81. The van der Waals surface area contributed by atoms with Crippen molar-refractivity contribution < 1.29 is 9.18 Å². The van der Waals surface area contributed by atoms with Gasteiger partial charge < -0.3 is 20.9 Å². The number of carbonyl (C=O) groups excluding carboxylic acids is 1. The van der Waals surface area contributed by atoms with Crippen LogP contribution < -0.4 is 20.9 Å². The number of carbonyl (C=O) groups is 1. The van der Waals surface area contributed by atoms with Gasteiger partial charge >= 0.3 is 0 Å². The van der Waals surface area contributed by atoms with Crippen LogP contribution in [0.4, 0.5) is 27.1 Å². The van der Waals surface area contributed by atoms with Crippen LogP contribution in [0.3, 0.4) is 0 Å². The zero-order valence-corrected chi connectivity index (χ0v) is 18.6. The van der Waals surface area contributed by atoms with Crippen LogP contribution >= 0.6 is 0 Å². The van der Waals surface area contributed by atoms with E-state index in [2.05, 4.69) is 31.9 Å². The van der Waals surface area contributed by atoms with Gasteiger partial charge in [0.15, 0.2) is 0 Å². The number of pyridine rings is 1. The summed E-state index contributed by atoms with van der Waals surface area (Å²) in [6.07, 6.45) is 6.04. The van der Waals surface area contributed by atoms with Crippen LogP contribution in [0.5, 0.6) is 0 Å². The topological polar surface area (TPSA) is 69.3 Å². The van der Waals surface area contributed by atoms with Gasteiger partial charge in [0.05, 0.1) is 5.69 Å². The summed E-state index contributed by atoms with van der Waals surface area (Å²) in [4.78, 5) is 19.4. The first-order valence-electron chi connectivity index (χ1n) is 11.4. The Balaban J connectivity index is 1.18. The number of rotatable bonds is 5. The molecule has 3 N–H and O–H groups in total. The molecule has 0 saturated carbocycles. The van der Waals surface area contributed by atoms with Crippen molar-refractivity contribution >= 4 is 28.7 Å². The number of nitrogens with one attached hydrogen (secondary N) is 3. The van der Waals surface area contributed by atoms with E-state index >= 15 is 0 Å². The largest absolute Gasteiger partial charge is 0.381 e. The molecule has 1 unspecified atom stereocenters. The number of nitrogens with zero attached hydrogens (tertiary/aromatic N) is 2. The summed E-state index contributed by atoms with van der Waals surface area (Å²) in [5, 5.41) is 9.76. The second kappa shape index (κ2) is 9.10. The van der Waals surface area contributed by atoms with Crippen LogP contribution in [0.15, 0.2) is 60.9 Å². The molecule has 3 heterocycles. The zero-order chi connectivity index (χ0) is 22.8. The highest BCUT2D eigenvalue weighted by molar-refractivity contribution is 5.98. The minimum Gasteiger partial charge on any atom is -0.381 e. The molecule has 33 heavy (non-hydrogen) atoms. The summed E-state index contributed by atoms with van der Waals surface area (Å²) < 4.78 is 14.2. The van der Waals surface area contributed by atoms with E-state index in [0.29, 0.717) is 18.0 Å². The lowest BCUT2D eigenvalue weighted by atomic mass is 10.0. The van der Waals surface area contributed by atoms with Crippen molar-refractivity contribution in [2.75, 3.05) is 33.9 Å². The van der Waals surface area contributed by atoms with E-state index in [1.54, 1.807) is 12.3 Å². The molecule has 6 nitrogen and oxygen atoms in total. The fourth-order valence-corrected chi connectivity index (χ4v) is 4.70. The molecule has 7 heteroatoms. The molecular formula is C26H28FN5O. The molecule has 5 rings (SSSR count). The molecule has 1 saturated heterocycles. The fraction of sp³-hybridized carbons (Fsp3) is 0.308. The minimum absolute atomic E-state index is 0.151. The van der Waals surface area contributed by atoms with Gasteiger partial charge in [-0.05, 0) is 61.7 Å². The average molecular weight is 446 g/mol. The Labute approximate surface area is 193 Å². The van der Waals surface area contributed by atoms with Crippen LogP contribution in [0.1, 0.15) is 24.0 Å². The summed E-state index contributed by atoms with van der Waals surface area (Å²) >= 11 is 0. The Morgan fingerprint density at radius 1 is 1.12 bits per heavy atom. The molecule has 2 aliphatic heterocycles. The molecule has 0 radical (unpaired) electrons. The molecule has 1 atom stereocenters. The lowest BCUT2D eigenvalue weighted by Gasteiger charge is -2.34. The van der Waals surface area contributed by atoms with Gasteiger partial charge in [-0.1, -0.05) is 12.1 Å². The van der Waals surface area contributed by atoms with E-state index in [1.807, 2.05) is 43.5 Å². The van der Waals surface area contributed by atoms with Crippen molar-refractivity contribution in [1.29, 1.82) is 0 Å². The van der Waals surface area contributed by atoms with Gasteiger partial charge in [-0.15, -0.1) is 0 Å². The summed E-state index contributed by atoms with van der Waals surface area (Å²) in [6, 6.07) is 15.1. The van der Waals surface area contributed by atoms with Gasteiger partial charge in [0, 0.05) is 60.6 Å². The number of piperidine rings is 1. The number of fused-ring (bicyclic) bond motifs is 1. The number of amides is 1. The average Bonchev–Trinajstić information content (AvgIpc) is 3.30. The van der Waals surface area contributed by atoms with Gasteiger partial charge in [0.1, 0.15) is 11.9 Å². The molecular weight excluding hydrogens is 417 g/mol. The number of anilines is 4. The van der Waals surface area contributed by atoms with E-state index in [-0.39, 0.29) is 11.7 Å². The zero-order valence-electron chi connectivity index (χ0n) is 18.6. The lowest BCUT2D eigenvalue weighted by molar-refractivity contribution is -0.116. The van der Waals surface area contributed by atoms with Crippen LogP contribution in [0.25, 0.3) is 0 Å². The maximum absolute atomic E-state index is 14.2. The molecule has 1 aromatic heterocycles. The van der Waals surface area contributed by atoms with Crippen LogP contribution in [0, 0.1) is 12.7 Å². The summed E-state index contributed by atoms with van der Waals surface area (Å²) in [5.41, 5.74) is 5.18. The van der Waals surface area contributed by atoms with E-state index in [1.165, 1.54) is 6.07 Å². The third-order valence-electron chi connectivity index (χ3n) is 6.51. The molecule has 1 fully saturated rings. The molecule has 0 spiro atoms. The van der Waals surface area contributed by atoms with Crippen LogP contribution in [-0.2, 0) is 11.2 Å². The number of aryl methyl sites for hydroxylation is 1. The quantitative estimate of drug-likeness (QED) is 0.536. The Bertz CT molecular complexity index is 1110. The third-order valence-corrected chi connectivity index (χ3v) is 6.51. The standard InChI is InChI=1S/C26H28FN5O/c1-17-7-8-23(27)22-15-24(31-25(17)22)26(33)30-19-4-2-6-21(14-19)32-12-9-18(10-13-32)29-20-5-3-11-28-16-20/h2-8,11,14,16,18,24,29,31H,9-10,12-13,15H2,1H3,(H,30,33). The van der Waals surface area contributed by atoms with Crippen molar-refractivity contribution in [3.05, 3.63) is 77.9 Å². The predicted octanol–water partition coefficient (Wildman–Crippen LogP) is 4.59. The second-order valence-electron chi connectivity index (χ2n) is 8.81. The van der Waals surface area contributed by atoms with Crippen molar-refractivity contribution in [3.63, 3.8) is 0 Å². The third kappa shape index (κ3) is 4.62. The summed E-state index contributed by atoms with van der Waals surface area (Å²) in [7, 11) is 0. The van der Waals surface area contributed by atoms with Crippen LogP contribution in [-0.4, -0.2) is 36.1 Å². The minimum atomic E-state index is -0.478. The van der Waals surface area contributed by atoms with E-state index in [9.17, 15) is 9.18 Å². The highest BCUT2D eigenvalue weighted by Gasteiger charge is 2.30. The van der Waals surface area contributed by atoms with Crippen molar-refractivity contribution in [2.24, 2.45) is 0 Å². The number of aromatic nitrogens is 1. The lowest BCUT2D eigenvalue weighted by Crippen LogP contribution is -2.39. The molecule has 2 aromatic carbocycles. The van der Waals surface area contributed by atoms with Crippen molar-refractivity contribution in [1.82, 2.24) is 4.98 Å². The molecule has 3 aromatic rings. The molecule has 2 aliphatic rings. The first-order chi connectivity index (χ1) is 16.1. The number of benzene rings is 2. The van der Waals surface area contributed by atoms with E-state index in [0.717, 1.165) is 54.2 Å². The Kier molecular flexibility index (Phi) is 5.86. The Hall–Kier alpha value is -3.61. The van der Waals surface area contributed by atoms with Gasteiger partial charge in [0.25, 0.3) is 0 Å². The predicted molar refractivity (Wildman–Crippen MR) is 130 cm³/mol. The smallest absolute Gasteiger partial charge is 0.247 e. The fourth-order valence-electron chi connectivity index (χ4n) is 4.70. The number of halogens is 1. The SMILES string of the molecule is Cc1ccc(F)c2c1NC(C(=O)Nc1cccc(N3CCC(Nc4cccnc4)CC3)c1)C2. The maximum Gasteiger partial charge on any atom is 0.247 e. The van der Waals surface area contributed by atoms with Crippen LogP contribution in [0.2, 0.25) is 0 Å². The highest BCUT2D eigenvalue weighted by Crippen LogP contribution is 2.32. The van der Waals surface area contributed by atoms with E-state index in [4.69, 9.17) is 0 Å². The highest BCUT2D eigenvalue weighted by atomic mass is 19.1. The number of hydrogen-bond acceptors (Lipinski definition) is 5. The van der Waals surface area contributed by atoms with Crippen molar-refractivity contribution in [3.8, 4) is 0 Å². The van der Waals surface area contributed by atoms with Crippen molar-refractivity contribution in [2.45, 2.75) is 38.3 Å². The molecule has 1 amide bonds.